The monoisotopic (exact) mass is 291 g/mol. The molecule has 5 heteroatoms. The van der Waals surface area contributed by atoms with Crippen LogP contribution < -0.4 is 0 Å². The molecule has 1 aliphatic heterocycles. The third-order valence-electron chi connectivity index (χ3n) is 4.47. The number of nitrogens with zero attached hydrogens (tertiary/aromatic N) is 1. The number of carbonyl (C=O) groups is 2. The molecular weight excluding hydrogens is 273 g/mol. The molecule has 1 amide bonds. The highest BCUT2D eigenvalue weighted by atomic mass is 19.1. The van der Waals surface area contributed by atoms with E-state index in [4.69, 9.17) is 4.74 Å². The van der Waals surface area contributed by atoms with E-state index in [1.807, 2.05) is 0 Å². The lowest BCUT2D eigenvalue weighted by Crippen LogP contribution is -2.62. The maximum absolute atomic E-state index is 13.9. The van der Waals surface area contributed by atoms with Crippen molar-refractivity contribution in [2.24, 2.45) is 0 Å². The number of hydrogen-bond acceptors (Lipinski definition) is 3. The second kappa shape index (κ2) is 5.47. The Labute approximate surface area is 122 Å². The second-order valence-corrected chi connectivity index (χ2v) is 5.66. The molecule has 1 aliphatic carbocycles. The summed E-state index contributed by atoms with van der Waals surface area (Å²) in [5, 5.41) is 0. The van der Waals surface area contributed by atoms with Crippen LogP contribution >= 0.6 is 0 Å². The molecular formula is C16H18FNO3. The molecule has 21 heavy (non-hydrogen) atoms. The number of amides is 1. The van der Waals surface area contributed by atoms with Crippen molar-refractivity contribution in [3.8, 4) is 0 Å². The molecule has 112 valence electrons. The van der Waals surface area contributed by atoms with Crippen molar-refractivity contribution >= 4 is 11.9 Å². The number of morpholine rings is 1. The van der Waals surface area contributed by atoms with E-state index in [-0.39, 0.29) is 18.1 Å². The molecule has 2 fully saturated rings. The zero-order valence-corrected chi connectivity index (χ0v) is 11.8. The summed E-state index contributed by atoms with van der Waals surface area (Å²) in [7, 11) is 0. The number of cyclic esters (lactones) is 1. The molecule has 4 nitrogen and oxygen atoms in total. The fraction of sp³-hybridized carbons (Fsp3) is 0.500. The first kappa shape index (κ1) is 14.0. The lowest BCUT2D eigenvalue weighted by Gasteiger charge is -2.47. The van der Waals surface area contributed by atoms with Crippen LogP contribution in [0.15, 0.2) is 24.3 Å². The fourth-order valence-electron chi connectivity index (χ4n) is 3.37. The molecule has 3 rings (SSSR count). The zero-order valence-electron chi connectivity index (χ0n) is 11.8. The highest BCUT2D eigenvalue weighted by Gasteiger charge is 2.50. The Morgan fingerprint density at radius 2 is 1.90 bits per heavy atom. The van der Waals surface area contributed by atoms with Gasteiger partial charge in [0.2, 0.25) is 0 Å². The van der Waals surface area contributed by atoms with Crippen LogP contribution in [0.1, 0.15) is 42.5 Å². The largest absolute Gasteiger partial charge is 0.462 e. The van der Waals surface area contributed by atoms with E-state index >= 15 is 0 Å². The summed E-state index contributed by atoms with van der Waals surface area (Å²) in [5.74, 6) is -1.29. The quantitative estimate of drug-likeness (QED) is 0.747. The van der Waals surface area contributed by atoms with Crippen LogP contribution in [0.4, 0.5) is 4.39 Å². The minimum atomic E-state index is -0.893. The van der Waals surface area contributed by atoms with E-state index in [0.29, 0.717) is 19.4 Å². The van der Waals surface area contributed by atoms with Gasteiger partial charge in [-0.1, -0.05) is 31.4 Å². The third kappa shape index (κ3) is 2.30. The van der Waals surface area contributed by atoms with Crippen molar-refractivity contribution in [3.63, 3.8) is 0 Å². The van der Waals surface area contributed by atoms with Gasteiger partial charge in [-0.3, -0.25) is 4.79 Å². The Morgan fingerprint density at radius 1 is 1.19 bits per heavy atom. The molecule has 0 N–H and O–H groups in total. The van der Waals surface area contributed by atoms with Gasteiger partial charge in [-0.2, -0.15) is 0 Å². The summed E-state index contributed by atoms with van der Waals surface area (Å²) < 4.78 is 19.1. The van der Waals surface area contributed by atoms with Crippen LogP contribution in [-0.2, 0) is 9.53 Å². The van der Waals surface area contributed by atoms with Crippen molar-refractivity contribution in [1.82, 2.24) is 4.90 Å². The van der Waals surface area contributed by atoms with Crippen LogP contribution in [0.3, 0.4) is 0 Å². The number of benzene rings is 1. The van der Waals surface area contributed by atoms with Crippen molar-refractivity contribution in [2.75, 3.05) is 13.2 Å². The topological polar surface area (TPSA) is 46.6 Å². The lowest BCUT2D eigenvalue weighted by molar-refractivity contribution is -0.168. The van der Waals surface area contributed by atoms with Crippen molar-refractivity contribution in [3.05, 3.63) is 35.6 Å². The van der Waals surface area contributed by atoms with E-state index in [1.54, 1.807) is 12.1 Å². The molecule has 1 saturated carbocycles. The summed E-state index contributed by atoms with van der Waals surface area (Å²) in [6, 6.07) is 5.91. The Kier molecular flexibility index (Phi) is 3.66. The minimum Gasteiger partial charge on any atom is -0.462 e. The van der Waals surface area contributed by atoms with Crippen LogP contribution in [0.25, 0.3) is 0 Å². The summed E-state index contributed by atoms with van der Waals surface area (Å²) in [6.45, 7) is 0.514. The van der Waals surface area contributed by atoms with Crippen molar-refractivity contribution < 1.29 is 18.7 Å². The standard InChI is InChI=1S/C16H18FNO3/c17-13-7-3-2-6-12(13)14(19)18-10-11-21-15(20)16(18)8-4-1-5-9-16/h2-3,6-7H,1,4-5,8-11H2. The predicted octanol–water partition coefficient (Wildman–Crippen LogP) is 2.53. The zero-order chi connectivity index (χ0) is 14.9. The molecule has 0 bridgehead atoms. The van der Waals surface area contributed by atoms with Gasteiger partial charge in [-0.05, 0) is 25.0 Å². The van der Waals surface area contributed by atoms with Gasteiger partial charge in [0.1, 0.15) is 18.0 Å². The molecule has 1 heterocycles. The molecule has 2 aliphatic rings. The number of carbonyl (C=O) groups excluding carboxylic acids is 2. The maximum Gasteiger partial charge on any atom is 0.332 e. The van der Waals surface area contributed by atoms with Gasteiger partial charge >= 0.3 is 5.97 Å². The SMILES string of the molecule is O=C(c1ccccc1F)N1CCOC(=O)C12CCCCC2. The Morgan fingerprint density at radius 3 is 2.62 bits per heavy atom. The van der Waals surface area contributed by atoms with Gasteiger partial charge in [-0.15, -0.1) is 0 Å². The maximum atomic E-state index is 13.9. The summed E-state index contributed by atoms with van der Waals surface area (Å²) >= 11 is 0. The number of esters is 1. The lowest BCUT2D eigenvalue weighted by atomic mass is 9.79. The summed E-state index contributed by atoms with van der Waals surface area (Å²) in [6.07, 6.45) is 4.03. The Bertz CT molecular complexity index is 566. The first-order chi connectivity index (χ1) is 10.1. The molecule has 1 aromatic carbocycles. The fourth-order valence-corrected chi connectivity index (χ4v) is 3.37. The van der Waals surface area contributed by atoms with Gasteiger partial charge in [0.05, 0.1) is 12.1 Å². The van der Waals surface area contributed by atoms with E-state index in [0.717, 1.165) is 19.3 Å². The normalized spacial score (nSPS) is 21.2. The predicted molar refractivity (Wildman–Crippen MR) is 74.2 cm³/mol. The first-order valence-corrected chi connectivity index (χ1v) is 7.39. The highest BCUT2D eigenvalue weighted by molar-refractivity contribution is 5.99. The van der Waals surface area contributed by atoms with Crippen LogP contribution in [-0.4, -0.2) is 35.5 Å². The number of halogens is 1. The third-order valence-corrected chi connectivity index (χ3v) is 4.47. The number of hydrogen-bond donors (Lipinski definition) is 0. The Hall–Kier alpha value is -1.91. The first-order valence-electron chi connectivity index (χ1n) is 7.39. The molecule has 0 unspecified atom stereocenters. The van der Waals surface area contributed by atoms with Crippen molar-refractivity contribution in [2.45, 2.75) is 37.6 Å². The average molecular weight is 291 g/mol. The molecule has 0 radical (unpaired) electrons. The van der Waals surface area contributed by atoms with Crippen LogP contribution in [0.2, 0.25) is 0 Å². The van der Waals surface area contributed by atoms with E-state index < -0.39 is 17.3 Å². The van der Waals surface area contributed by atoms with Gasteiger partial charge < -0.3 is 9.64 Å². The molecule has 1 aromatic rings. The van der Waals surface area contributed by atoms with Crippen molar-refractivity contribution in [1.29, 1.82) is 0 Å². The molecule has 1 saturated heterocycles. The second-order valence-electron chi connectivity index (χ2n) is 5.66. The summed E-state index contributed by atoms with van der Waals surface area (Å²) in [4.78, 5) is 26.5. The van der Waals surface area contributed by atoms with Crippen LogP contribution in [0.5, 0.6) is 0 Å². The van der Waals surface area contributed by atoms with Gasteiger partial charge in [0.25, 0.3) is 5.91 Å². The molecule has 0 atom stereocenters. The average Bonchev–Trinajstić information content (AvgIpc) is 2.51. The molecule has 0 aromatic heterocycles. The smallest absolute Gasteiger partial charge is 0.332 e. The highest BCUT2D eigenvalue weighted by Crippen LogP contribution is 2.37. The number of rotatable bonds is 1. The molecule has 1 spiro atoms. The van der Waals surface area contributed by atoms with Gasteiger partial charge in [0, 0.05) is 0 Å². The minimum absolute atomic E-state index is 0.0251. The van der Waals surface area contributed by atoms with Gasteiger partial charge in [0.15, 0.2) is 0 Å². The van der Waals surface area contributed by atoms with Gasteiger partial charge in [-0.25, -0.2) is 9.18 Å². The van der Waals surface area contributed by atoms with E-state index in [9.17, 15) is 14.0 Å². The summed E-state index contributed by atoms with van der Waals surface area (Å²) in [5.41, 5.74) is -0.868. The van der Waals surface area contributed by atoms with E-state index in [1.165, 1.54) is 17.0 Å². The Balaban J connectivity index is 1.96. The van der Waals surface area contributed by atoms with E-state index in [2.05, 4.69) is 0 Å². The number of ether oxygens (including phenoxy) is 1. The van der Waals surface area contributed by atoms with Crippen LogP contribution in [0, 0.1) is 5.82 Å².